The first-order valence-corrected chi connectivity index (χ1v) is 21.5. The summed E-state index contributed by atoms with van der Waals surface area (Å²) < 4.78 is 18.6. The summed E-state index contributed by atoms with van der Waals surface area (Å²) in [6.45, 7) is 16.4. The zero-order valence-electron chi connectivity index (χ0n) is 33.6. The van der Waals surface area contributed by atoms with Gasteiger partial charge >= 0.3 is 0 Å². The van der Waals surface area contributed by atoms with E-state index in [9.17, 15) is 0 Å². The summed E-state index contributed by atoms with van der Waals surface area (Å²) in [5.41, 5.74) is 2.79. The number of rotatable bonds is 24. The highest BCUT2D eigenvalue weighted by atomic mass is 16.5. The zero-order valence-corrected chi connectivity index (χ0v) is 33.6. The number of unbranched alkanes of at least 4 members (excludes halogenated alkanes) is 6. The molecule has 0 aromatic heterocycles. The van der Waals surface area contributed by atoms with Crippen molar-refractivity contribution in [1.29, 1.82) is 0 Å². The molecule has 4 aliphatic carbocycles. The predicted octanol–water partition coefficient (Wildman–Crippen LogP) is 11.8. The average molecular weight is 684 g/mol. The topological polar surface area (TPSA) is 30.9 Å². The van der Waals surface area contributed by atoms with Gasteiger partial charge in [-0.25, -0.2) is 0 Å². The average Bonchev–Trinajstić information content (AvgIpc) is 3.41. The molecule has 0 amide bonds. The Balaban J connectivity index is 1.09. The van der Waals surface area contributed by atoms with E-state index in [1.165, 1.54) is 103 Å². The second-order valence-electron chi connectivity index (χ2n) is 18.1. The fraction of sp³-hybridized carbons (Fsp3) is 0.911. The molecule has 0 unspecified atom stereocenters. The Morgan fingerprint density at radius 1 is 0.816 bits per heavy atom. The van der Waals surface area contributed by atoms with Crippen LogP contribution in [0.1, 0.15) is 163 Å². The van der Waals surface area contributed by atoms with Crippen LogP contribution in [0.3, 0.4) is 0 Å². The van der Waals surface area contributed by atoms with Crippen LogP contribution in [0.15, 0.2) is 23.8 Å². The molecule has 0 spiro atoms. The quantitative estimate of drug-likeness (QED) is 0.0748. The first-order chi connectivity index (χ1) is 23.7. The van der Waals surface area contributed by atoms with E-state index >= 15 is 0 Å². The van der Waals surface area contributed by atoms with Gasteiger partial charge in [0.2, 0.25) is 0 Å². The van der Waals surface area contributed by atoms with Crippen molar-refractivity contribution >= 4 is 0 Å². The largest absolute Gasteiger partial charge is 0.380 e. The van der Waals surface area contributed by atoms with Crippen molar-refractivity contribution in [2.24, 2.45) is 40.4 Å². The van der Waals surface area contributed by atoms with Gasteiger partial charge in [0.25, 0.3) is 0 Å². The molecule has 4 aliphatic rings. The van der Waals surface area contributed by atoms with E-state index in [1.807, 2.05) is 0 Å². The molecule has 284 valence electrons. The Morgan fingerprint density at radius 3 is 2.29 bits per heavy atom. The molecule has 0 heterocycles. The number of ether oxygens (including phenoxy) is 3. The molecular weight excluding hydrogens is 602 g/mol. The number of likely N-dealkylation sites (N-methyl/N-ethyl adjacent to an activating group) is 1. The van der Waals surface area contributed by atoms with Crippen LogP contribution in [0.4, 0.5) is 0 Å². The predicted molar refractivity (Wildman–Crippen MR) is 209 cm³/mol. The van der Waals surface area contributed by atoms with Crippen LogP contribution in [0.5, 0.6) is 0 Å². The van der Waals surface area contributed by atoms with Gasteiger partial charge in [0.05, 0.1) is 25.4 Å². The Labute approximate surface area is 304 Å². The summed E-state index contributed by atoms with van der Waals surface area (Å²) in [7, 11) is 4.26. The summed E-state index contributed by atoms with van der Waals surface area (Å²) in [4.78, 5) is 2.24. The highest BCUT2D eigenvalue weighted by Crippen LogP contribution is 2.66. The maximum absolute atomic E-state index is 6.53. The van der Waals surface area contributed by atoms with Gasteiger partial charge in [-0.15, -0.1) is 0 Å². The molecule has 3 saturated carbocycles. The van der Waals surface area contributed by atoms with Crippen molar-refractivity contribution in [3.05, 3.63) is 23.8 Å². The van der Waals surface area contributed by atoms with E-state index < -0.39 is 0 Å². The SMILES string of the molecule is CCCCC/C=C\CCCOC[C@H](COCCCCO[C@H]1CC[C@@]2(C)C(=CC[C@H]3[C@@H]4CC[C@H](CCCCC(C)C)[C@@]4(C)CC[C@@H]32)C1)N(C)C. The molecule has 4 rings (SSSR count). The van der Waals surface area contributed by atoms with Crippen LogP contribution < -0.4 is 0 Å². The lowest BCUT2D eigenvalue weighted by Crippen LogP contribution is -2.50. The van der Waals surface area contributed by atoms with Crippen molar-refractivity contribution in [3.63, 3.8) is 0 Å². The van der Waals surface area contributed by atoms with E-state index in [0.717, 1.165) is 88.3 Å². The molecule has 0 aromatic carbocycles. The van der Waals surface area contributed by atoms with E-state index in [-0.39, 0.29) is 0 Å². The molecule has 0 aliphatic heterocycles. The summed E-state index contributed by atoms with van der Waals surface area (Å²) in [6, 6.07) is 0.313. The maximum Gasteiger partial charge on any atom is 0.0644 e. The number of hydrogen-bond acceptors (Lipinski definition) is 4. The standard InChI is InChI=1S/C45H81NO3/c1-8-9-10-11-12-13-14-17-30-47-34-39(46(6)7)35-48-31-18-19-32-49-40-26-28-45(5)38(33-40)22-24-41-42-25-23-37(21-16-15-20-36(2)3)44(42,4)29-27-43(41)45/h12-13,22,36-37,39-43H,8-11,14-21,23-35H2,1-7H3/b13-12-/t37-,39+,40-,41-,42-,43-,44+,45-/m0/s1. The molecule has 4 heteroatoms. The van der Waals surface area contributed by atoms with Crippen LogP contribution in [-0.2, 0) is 14.2 Å². The molecule has 8 atom stereocenters. The van der Waals surface area contributed by atoms with Crippen LogP contribution >= 0.6 is 0 Å². The number of nitrogens with zero attached hydrogens (tertiary/aromatic N) is 1. The van der Waals surface area contributed by atoms with Crippen molar-refractivity contribution < 1.29 is 14.2 Å². The monoisotopic (exact) mass is 684 g/mol. The third-order valence-electron chi connectivity index (χ3n) is 14.0. The molecule has 0 saturated heterocycles. The first-order valence-electron chi connectivity index (χ1n) is 21.5. The Kier molecular flexibility index (Phi) is 17.7. The summed E-state index contributed by atoms with van der Waals surface area (Å²) >= 11 is 0. The summed E-state index contributed by atoms with van der Waals surface area (Å²) in [5.74, 6) is 4.63. The first kappa shape index (κ1) is 41.1. The van der Waals surface area contributed by atoms with Crippen LogP contribution in [-0.4, -0.2) is 64.2 Å². The molecule has 3 fully saturated rings. The summed E-state index contributed by atoms with van der Waals surface area (Å²) in [6.07, 6.45) is 34.2. The van der Waals surface area contributed by atoms with Crippen molar-refractivity contribution in [3.8, 4) is 0 Å². The fourth-order valence-corrected chi connectivity index (χ4v) is 10.7. The lowest BCUT2D eigenvalue weighted by molar-refractivity contribution is -0.0593. The minimum atomic E-state index is 0.313. The second-order valence-corrected chi connectivity index (χ2v) is 18.1. The third-order valence-corrected chi connectivity index (χ3v) is 14.0. The minimum absolute atomic E-state index is 0.313. The second kappa shape index (κ2) is 21.1. The molecule has 4 nitrogen and oxygen atoms in total. The molecule has 49 heavy (non-hydrogen) atoms. The van der Waals surface area contributed by atoms with Crippen molar-refractivity contribution in [1.82, 2.24) is 4.90 Å². The van der Waals surface area contributed by atoms with Gasteiger partial charge in [-0.3, -0.25) is 0 Å². The van der Waals surface area contributed by atoms with Gasteiger partial charge < -0.3 is 19.1 Å². The number of allylic oxidation sites excluding steroid dienone is 3. The van der Waals surface area contributed by atoms with Crippen molar-refractivity contribution in [2.75, 3.05) is 47.1 Å². The van der Waals surface area contributed by atoms with Gasteiger partial charge in [0.1, 0.15) is 0 Å². The van der Waals surface area contributed by atoms with E-state index in [1.54, 1.807) is 5.57 Å². The molecular formula is C45H81NO3. The highest BCUT2D eigenvalue weighted by Gasteiger charge is 2.58. The maximum atomic E-state index is 6.53. The molecule has 0 bridgehead atoms. The Hall–Kier alpha value is -0.680. The Morgan fingerprint density at radius 2 is 1.55 bits per heavy atom. The molecule has 0 aromatic rings. The van der Waals surface area contributed by atoms with Crippen LogP contribution in [0.25, 0.3) is 0 Å². The lowest BCUT2D eigenvalue weighted by atomic mass is 9.47. The van der Waals surface area contributed by atoms with Gasteiger partial charge in [-0.05, 0) is 151 Å². The fourth-order valence-electron chi connectivity index (χ4n) is 10.7. The van der Waals surface area contributed by atoms with E-state index in [4.69, 9.17) is 14.2 Å². The molecule has 0 radical (unpaired) electrons. The normalized spacial score (nSPS) is 32.0. The van der Waals surface area contributed by atoms with Gasteiger partial charge in [0.15, 0.2) is 0 Å². The van der Waals surface area contributed by atoms with Crippen molar-refractivity contribution in [2.45, 2.75) is 175 Å². The molecule has 0 N–H and O–H groups in total. The van der Waals surface area contributed by atoms with E-state index in [0.29, 0.717) is 23.0 Å². The van der Waals surface area contributed by atoms with Gasteiger partial charge in [-0.2, -0.15) is 0 Å². The van der Waals surface area contributed by atoms with Crippen LogP contribution in [0, 0.1) is 40.4 Å². The highest BCUT2D eigenvalue weighted by molar-refractivity contribution is 5.25. The Bertz CT molecular complexity index is 974. The van der Waals surface area contributed by atoms with Gasteiger partial charge in [0, 0.05) is 19.8 Å². The smallest absolute Gasteiger partial charge is 0.0644 e. The summed E-state index contributed by atoms with van der Waals surface area (Å²) in [5, 5.41) is 0. The zero-order chi connectivity index (χ0) is 35.1. The third kappa shape index (κ3) is 11.9. The van der Waals surface area contributed by atoms with Gasteiger partial charge in [-0.1, -0.05) is 90.5 Å². The minimum Gasteiger partial charge on any atom is -0.380 e. The lowest BCUT2D eigenvalue weighted by Gasteiger charge is -2.58. The number of fused-ring (bicyclic) bond motifs is 5. The van der Waals surface area contributed by atoms with E-state index in [2.05, 4.69) is 71.8 Å². The van der Waals surface area contributed by atoms with Crippen LogP contribution in [0.2, 0.25) is 0 Å². The number of hydrogen-bond donors (Lipinski definition) is 0.